The summed E-state index contributed by atoms with van der Waals surface area (Å²) in [5.41, 5.74) is -2.69. The average Bonchev–Trinajstić information content (AvgIpc) is 2.30. The third kappa shape index (κ3) is 5.06. The van der Waals surface area contributed by atoms with Crippen LogP contribution in [0.25, 0.3) is 0 Å². The van der Waals surface area contributed by atoms with Crippen LogP contribution in [-0.4, -0.2) is 44.0 Å². The molecule has 0 radical (unpaired) electrons. The van der Waals surface area contributed by atoms with E-state index in [9.17, 15) is 24.3 Å². The van der Waals surface area contributed by atoms with Crippen molar-refractivity contribution >= 4 is 11.9 Å². The Morgan fingerprint density at radius 3 is 2.65 bits per heavy atom. The number of aromatic nitrogens is 2. The molecule has 1 aromatic heterocycles. The second-order valence-electron chi connectivity index (χ2n) is 4.58. The summed E-state index contributed by atoms with van der Waals surface area (Å²) in [5.74, 6) is -1.84. The van der Waals surface area contributed by atoms with Gasteiger partial charge in [0.05, 0.1) is 12.0 Å². The maximum absolute atomic E-state index is 11.6. The van der Waals surface area contributed by atoms with E-state index in [0.717, 1.165) is 16.8 Å². The van der Waals surface area contributed by atoms with Gasteiger partial charge in [-0.3, -0.25) is 24.3 Å². The lowest BCUT2D eigenvalue weighted by Crippen LogP contribution is -2.44. The van der Waals surface area contributed by atoms with Crippen LogP contribution in [0.15, 0.2) is 21.7 Å². The van der Waals surface area contributed by atoms with Crippen molar-refractivity contribution in [1.82, 2.24) is 15.1 Å². The van der Waals surface area contributed by atoms with Gasteiger partial charge < -0.3 is 15.5 Å². The number of hydrogen-bond donors (Lipinski definition) is 4. The van der Waals surface area contributed by atoms with Crippen molar-refractivity contribution in [3.63, 3.8) is 0 Å². The summed E-state index contributed by atoms with van der Waals surface area (Å²) in [6.07, 6.45) is -0.532. The summed E-state index contributed by atoms with van der Waals surface area (Å²) in [4.78, 5) is 44.4. The fraction of sp³-hybridized carbons (Fsp3) is 0.455. The van der Waals surface area contributed by atoms with E-state index in [1.54, 1.807) is 0 Å². The lowest BCUT2D eigenvalue weighted by molar-refractivity contribution is -0.142. The van der Waals surface area contributed by atoms with Gasteiger partial charge >= 0.3 is 5.97 Å². The molecule has 9 heteroatoms. The molecule has 0 saturated carbocycles. The smallest absolute Gasteiger partial charge is 0.306 e. The molecule has 0 aliphatic rings. The predicted octanol–water partition coefficient (Wildman–Crippen LogP) is -2.12. The van der Waals surface area contributed by atoms with Crippen LogP contribution in [0.3, 0.4) is 0 Å². The molecule has 20 heavy (non-hydrogen) atoms. The zero-order valence-corrected chi connectivity index (χ0v) is 10.8. The Morgan fingerprint density at radius 2 is 2.05 bits per heavy atom. The van der Waals surface area contributed by atoms with Crippen molar-refractivity contribution in [2.45, 2.75) is 25.5 Å². The summed E-state index contributed by atoms with van der Waals surface area (Å²) >= 11 is 0. The number of carboxylic acids is 1. The van der Waals surface area contributed by atoms with Crippen LogP contribution >= 0.6 is 0 Å². The highest BCUT2D eigenvalue weighted by atomic mass is 16.4. The van der Waals surface area contributed by atoms with E-state index in [1.165, 1.54) is 6.92 Å². The van der Waals surface area contributed by atoms with Gasteiger partial charge in [-0.2, -0.15) is 0 Å². The summed E-state index contributed by atoms with van der Waals surface area (Å²) in [7, 11) is 0. The number of hydrogen-bond acceptors (Lipinski definition) is 5. The van der Waals surface area contributed by atoms with Crippen LogP contribution < -0.4 is 16.4 Å². The summed E-state index contributed by atoms with van der Waals surface area (Å²) in [6.45, 7) is 0.542. The van der Waals surface area contributed by atoms with E-state index in [2.05, 4.69) is 10.4 Å². The maximum atomic E-state index is 11.6. The van der Waals surface area contributed by atoms with Gasteiger partial charge in [-0.1, -0.05) is 0 Å². The fourth-order valence-electron chi connectivity index (χ4n) is 1.46. The average molecular weight is 285 g/mol. The molecule has 0 saturated heterocycles. The third-order valence-electron chi connectivity index (χ3n) is 2.39. The molecule has 110 valence electrons. The maximum Gasteiger partial charge on any atom is 0.306 e. The van der Waals surface area contributed by atoms with Gasteiger partial charge in [0.2, 0.25) is 5.91 Å². The Bertz CT molecular complexity index is 615. The number of aliphatic hydroxyl groups is 1. The number of carbonyl (C=O) groups excluding carboxylic acids is 1. The molecule has 0 spiro atoms. The van der Waals surface area contributed by atoms with Crippen molar-refractivity contribution < 1.29 is 19.8 Å². The van der Waals surface area contributed by atoms with Crippen LogP contribution in [0.1, 0.15) is 13.3 Å². The predicted molar refractivity (Wildman–Crippen MR) is 67.2 cm³/mol. The lowest BCUT2D eigenvalue weighted by atomic mass is 10.0. The van der Waals surface area contributed by atoms with E-state index in [4.69, 9.17) is 5.11 Å². The number of carbonyl (C=O) groups is 2. The number of aromatic amines is 1. The molecule has 0 fully saturated rings. The standard InChI is InChI=1S/C11H15N3O6/c1-11(20,4-10(18)19)6-12-8(16)5-14-9(17)3-2-7(15)13-14/h2-3,20H,4-6H2,1H3,(H,12,16)(H,13,15)(H,18,19). The Morgan fingerprint density at radius 1 is 1.40 bits per heavy atom. The van der Waals surface area contributed by atoms with Crippen LogP contribution in [0, 0.1) is 0 Å². The molecule has 0 aliphatic heterocycles. The van der Waals surface area contributed by atoms with Crippen molar-refractivity contribution in [3.8, 4) is 0 Å². The summed E-state index contributed by atoms with van der Waals surface area (Å²) in [5, 5.41) is 22.7. The van der Waals surface area contributed by atoms with Gasteiger partial charge in [-0.05, 0) is 6.92 Å². The molecule has 1 atom stereocenters. The van der Waals surface area contributed by atoms with E-state index in [-0.39, 0.29) is 6.54 Å². The molecule has 1 rings (SSSR count). The van der Waals surface area contributed by atoms with E-state index >= 15 is 0 Å². The number of rotatable bonds is 6. The molecule has 9 nitrogen and oxygen atoms in total. The Kier molecular flexibility index (Phi) is 4.81. The van der Waals surface area contributed by atoms with Crippen LogP contribution in [0.4, 0.5) is 0 Å². The van der Waals surface area contributed by atoms with Crippen molar-refractivity contribution in [3.05, 3.63) is 32.8 Å². The summed E-state index contributed by atoms with van der Waals surface area (Å²) in [6, 6.07) is 2.06. The molecule has 0 aliphatic carbocycles. The van der Waals surface area contributed by atoms with Gasteiger partial charge in [0.15, 0.2) is 0 Å². The highest BCUT2D eigenvalue weighted by Crippen LogP contribution is 2.07. The van der Waals surface area contributed by atoms with Crippen molar-refractivity contribution in [2.24, 2.45) is 0 Å². The van der Waals surface area contributed by atoms with E-state index in [0.29, 0.717) is 0 Å². The number of carboxylic acid groups (broad SMARTS) is 1. The highest BCUT2D eigenvalue weighted by Gasteiger charge is 2.24. The first kappa shape index (κ1) is 15.6. The number of aliphatic carboxylic acids is 1. The third-order valence-corrected chi connectivity index (χ3v) is 2.39. The molecular formula is C11H15N3O6. The molecule has 0 bridgehead atoms. The van der Waals surface area contributed by atoms with Gasteiger partial charge in [0.1, 0.15) is 6.54 Å². The monoisotopic (exact) mass is 285 g/mol. The Hall–Kier alpha value is -2.42. The molecule has 1 unspecified atom stereocenters. The zero-order valence-electron chi connectivity index (χ0n) is 10.8. The van der Waals surface area contributed by atoms with E-state index < -0.39 is 41.6 Å². The zero-order chi connectivity index (χ0) is 15.3. The first-order chi connectivity index (χ1) is 9.19. The number of amides is 1. The normalized spacial score (nSPS) is 13.5. The van der Waals surface area contributed by atoms with Crippen molar-refractivity contribution in [2.75, 3.05) is 6.54 Å². The second-order valence-corrected chi connectivity index (χ2v) is 4.58. The first-order valence-corrected chi connectivity index (χ1v) is 5.71. The lowest BCUT2D eigenvalue weighted by Gasteiger charge is -2.21. The molecular weight excluding hydrogens is 270 g/mol. The molecule has 4 N–H and O–H groups in total. The van der Waals surface area contributed by atoms with Crippen LogP contribution in [0.2, 0.25) is 0 Å². The Balaban J connectivity index is 2.60. The molecule has 1 aromatic rings. The number of H-pyrrole nitrogens is 1. The van der Waals surface area contributed by atoms with Crippen LogP contribution in [0.5, 0.6) is 0 Å². The quantitative estimate of drug-likeness (QED) is 0.471. The second kappa shape index (κ2) is 6.15. The number of nitrogens with zero attached hydrogens (tertiary/aromatic N) is 1. The summed E-state index contributed by atoms with van der Waals surface area (Å²) < 4.78 is 0.809. The molecule has 0 aromatic carbocycles. The van der Waals surface area contributed by atoms with Gasteiger partial charge in [0.25, 0.3) is 11.1 Å². The minimum Gasteiger partial charge on any atom is -0.481 e. The topological polar surface area (TPSA) is 141 Å². The largest absolute Gasteiger partial charge is 0.481 e. The van der Waals surface area contributed by atoms with Crippen LogP contribution in [-0.2, 0) is 16.1 Å². The highest BCUT2D eigenvalue weighted by molar-refractivity contribution is 5.75. The van der Waals surface area contributed by atoms with Gasteiger partial charge in [0, 0.05) is 18.7 Å². The minimum atomic E-state index is -1.60. The fourth-order valence-corrected chi connectivity index (χ4v) is 1.46. The number of nitrogens with one attached hydrogen (secondary N) is 2. The van der Waals surface area contributed by atoms with Gasteiger partial charge in [-0.25, -0.2) is 4.68 Å². The molecule has 1 amide bonds. The van der Waals surface area contributed by atoms with Gasteiger partial charge in [-0.15, -0.1) is 0 Å². The van der Waals surface area contributed by atoms with Crippen molar-refractivity contribution in [1.29, 1.82) is 0 Å². The first-order valence-electron chi connectivity index (χ1n) is 5.71. The Labute approximate surface area is 112 Å². The minimum absolute atomic E-state index is 0.288. The SMILES string of the molecule is CC(O)(CNC(=O)Cn1[nH]c(=O)ccc1=O)CC(=O)O. The van der Waals surface area contributed by atoms with E-state index in [1.807, 2.05) is 0 Å². The molecule has 1 heterocycles.